The summed E-state index contributed by atoms with van der Waals surface area (Å²) in [6, 6.07) is 0. The van der Waals surface area contributed by atoms with E-state index in [1.54, 1.807) is 0 Å². The predicted molar refractivity (Wildman–Crippen MR) is 78.1 cm³/mol. The van der Waals surface area contributed by atoms with Gasteiger partial charge in [-0.15, -0.1) is 0 Å². The normalized spacial score (nSPS) is 30.5. The second-order valence-electron chi connectivity index (χ2n) is 6.21. The molecule has 0 saturated carbocycles. The number of carbonyl (C=O) groups is 1. The summed E-state index contributed by atoms with van der Waals surface area (Å²) in [4.78, 5) is 22.7. The third-order valence-corrected chi connectivity index (χ3v) is 4.59. The van der Waals surface area contributed by atoms with E-state index in [2.05, 4.69) is 27.7 Å². The molecule has 118 valence electrons. The minimum Gasteiger partial charge on any atom is -0.469 e. The zero-order valence-corrected chi connectivity index (χ0v) is 13.6. The molecule has 4 nitrogen and oxygen atoms in total. The molecule has 0 radical (unpaired) electrons. The standard InChI is InChI=1S/C16H30O4/c1-6-12(7-2)10-16(4)11-13(8-3)14(19-20-16)9-15(17)18-5/h12-14H,6-11H2,1-5H3/t13-,14-,16+/m1/s1. The average molecular weight is 286 g/mol. The van der Waals surface area contributed by atoms with Gasteiger partial charge in [0, 0.05) is 0 Å². The number of hydrogen-bond donors (Lipinski definition) is 0. The highest BCUT2D eigenvalue weighted by atomic mass is 17.2. The van der Waals surface area contributed by atoms with Crippen molar-refractivity contribution in [2.24, 2.45) is 11.8 Å². The van der Waals surface area contributed by atoms with Crippen LogP contribution in [0.25, 0.3) is 0 Å². The third-order valence-electron chi connectivity index (χ3n) is 4.59. The molecular formula is C16H30O4. The van der Waals surface area contributed by atoms with Crippen molar-refractivity contribution >= 4 is 5.97 Å². The summed E-state index contributed by atoms with van der Waals surface area (Å²) in [6.07, 6.45) is 5.38. The van der Waals surface area contributed by atoms with Gasteiger partial charge in [-0.2, -0.15) is 0 Å². The molecule has 0 spiro atoms. The van der Waals surface area contributed by atoms with Crippen molar-refractivity contribution in [3.63, 3.8) is 0 Å². The Labute approximate surface area is 123 Å². The van der Waals surface area contributed by atoms with E-state index in [1.165, 1.54) is 7.11 Å². The lowest BCUT2D eigenvalue weighted by molar-refractivity contribution is -0.419. The Balaban J connectivity index is 2.63. The summed E-state index contributed by atoms with van der Waals surface area (Å²) >= 11 is 0. The maximum absolute atomic E-state index is 11.4. The van der Waals surface area contributed by atoms with E-state index in [4.69, 9.17) is 14.5 Å². The monoisotopic (exact) mass is 286 g/mol. The summed E-state index contributed by atoms with van der Waals surface area (Å²) in [7, 11) is 1.41. The Morgan fingerprint density at radius 1 is 1.35 bits per heavy atom. The van der Waals surface area contributed by atoms with Crippen molar-refractivity contribution in [1.29, 1.82) is 0 Å². The van der Waals surface area contributed by atoms with E-state index < -0.39 is 0 Å². The highest BCUT2D eigenvalue weighted by Crippen LogP contribution is 2.39. The van der Waals surface area contributed by atoms with Crippen LogP contribution in [0.5, 0.6) is 0 Å². The van der Waals surface area contributed by atoms with Crippen LogP contribution in [-0.4, -0.2) is 24.8 Å². The van der Waals surface area contributed by atoms with Gasteiger partial charge in [0.2, 0.25) is 0 Å². The van der Waals surface area contributed by atoms with E-state index in [0.29, 0.717) is 11.8 Å². The van der Waals surface area contributed by atoms with Gasteiger partial charge < -0.3 is 4.74 Å². The van der Waals surface area contributed by atoms with Crippen LogP contribution in [0.4, 0.5) is 0 Å². The molecule has 1 aliphatic heterocycles. The Bertz CT molecular complexity index is 301. The maximum atomic E-state index is 11.4. The molecule has 4 heteroatoms. The Morgan fingerprint density at radius 2 is 2.00 bits per heavy atom. The number of rotatable bonds is 7. The molecule has 1 saturated heterocycles. The third kappa shape index (κ3) is 4.74. The molecule has 0 unspecified atom stereocenters. The van der Waals surface area contributed by atoms with Crippen molar-refractivity contribution in [2.75, 3.05) is 7.11 Å². The van der Waals surface area contributed by atoms with Gasteiger partial charge in [0.15, 0.2) is 0 Å². The summed E-state index contributed by atoms with van der Waals surface area (Å²) in [5.41, 5.74) is -0.232. The molecule has 3 atom stereocenters. The molecule has 1 fully saturated rings. The molecule has 0 aliphatic carbocycles. The molecule has 0 bridgehead atoms. The van der Waals surface area contributed by atoms with Crippen LogP contribution in [0.3, 0.4) is 0 Å². The Hall–Kier alpha value is -0.610. The molecule has 0 aromatic heterocycles. The molecule has 1 aliphatic rings. The van der Waals surface area contributed by atoms with Crippen molar-refractivity contribution in [1.82, 2.24) is 0 Å². The number of ether oxygens (including phenoxy) is 1. The lowest BCUT2D eigenvalue weighted by Gasteiger charge is -2.42. The predicted octanol–water partition coefficient (Wildman–Crippen LogP) is 3.88. The maximum Gasteiger partial charge on any atom is 0.308 e. The van der Waals surface area contributed by atoms with Gasteiger partial charge in [-0.05, 0) is 31.6 Å². The SMILES string of the molecule is CCC(CC)C[C@@]1(C)C[C@@H](CC)[C@@H](CC(=O)OC)OO1. The molecule has 1 heterocycles. The quantitative estimate of drug-likeness (QED) is 0.526. The zero-order chi connectivity index (χ0) is 15.2. The van der Waals surface area contributed by atoms with Crippen LogP contribution in [0.15, 0.2) is 0 Å². The van der Waals surface area contributed by atoms with E-state index >= 15 is 0 Å². The van der Waals surface area contributed by atoms with Crippen LogP contribution in [0.2, 0.25) is 0 Å². The summed E-state index contributed by atoms with van der Waals surface area (Å²) in [5, 5.41) is 0. The van der Waals surface area contributed by atoms with Crippen molar-refractivity contribution in [2.45, 2.75) is 77.9 Å². The highest BCUT2D eigenvalue weighted by Gasteiger charge is 2.41. The van der Waals surface area contributed by atoms with Gasteiger partial charge in [0.25, 0.3) is 0 Å². The van der Waals surface area contributed by atoms with Gasteiger partial charge in [-0.1, -0.05) is 40.0 Å². The van der Waals surface area contributed by atoms with Crippen LogP contribution < -0.4 is 0 Å². The fourth-order valence-corrected chi connectivity index (χ4v) is 3.14. The zero-order valence-electron chi connectivity index (χ0n) is 13.6. The first kappa shape index (κ1) is 17.4. The first-order valence-electron chi connectivity index (χ1n) is 7.89. The minimum atomic E-state index is -0.236. The molecule has 0 aromatic carbocycles. The van der Waals surface area contributed by atoms with E-state index in [0.717, 1.165) is 32.1 Å². The minimum absolute atomic E-state index is 0.178. The van der Waals surface area contributed by atoms with Crippen molar-refractivity contribution in [3.05, 3.63) is 0 Å². The van der Waals surface area contributed by atoms with Gasteiger partial charge >= 0.3 is 5.97 Å². The number of esters is 1. The van der Waals surface area contributed by atoms with Crippen LogP contribution in [0.1, 0.15) is 66.2 Å². The fourth-order valence-electron chi connectivity index (χ4n) is 3.14. The summed E-state index contributed by atoms with van der Waals surface area (Å²) < 4.78 is 4.72. The van der Waals surface area contributed by atoms with Crippen molar-refractivity contribution in [3.8, 4) is 0 Å². The van der Waals surface area contributed by atoms with Crippen molar-refractivity contribution < 1.29 is 19.3 Å². The first-order chi connectivity index (χ1) is 9.47. The molecular weight excluding hydrogens is 256 g/mol. The second-order valence-corrected chi connectivity index (χ2v) is 6.21. The fraction of sp³-hybridized carbons (Fsp3) is 0.938. The Morgan fingerprint density at radius 3 is 2.50 bits per heavy atom. The van der Waals surface area contributed by atoms with Gasteiger partial charge in [-0.3, -0.25) is 4.79 Å². The molecule has 1 rings (SSSR count). The van der Waals surface area contributed by atoms with Crippen LogP contribution in [0, 0.1) is 11.8 Å². The first-order valence-corrected chi connectivity index (χ1v) is 7.89. The average Bonchev–Trinajstić information content (AvgIpc) is 2.46. The summed E-state index contributed by atoms with van der Waals surface area (Å²) in [6.45, 7) is 8.71. The van der Waals surface area contributed by atoms with Gasteiger partial charge in [-0.25, -0.2) is 9.78 Å². The Kier molecular flexibility index (Phi) is 6.96. The molecule has 20 heavy (non-hydrogen) atoms. The molecule has 0 aromatic rings. The number of methoxy groups -OCH3 is 1. The molecule has 0 amide bonds. The van der Waals surface area contributed by atoms with E-state index in [-0.39, 0.29) is 24.1 Å². The van der Waals surface area contributed by atoms with Crippen LogP contribution in [-0.2, 0) is 19.3 Å². The van der Waals surface area contributed by atoms with Crippen LogP contribution >= 0.6 is 0 Å². The summed E-state index contributed by atoms with van der Waals surface area (Å²) in [5.74, 6) is 0.779. The lowest BCUT2D eigenvalue weighted by atomic mass is 9.79. The van der Waals surface area contributed by atoms with Gasteiger partial charge in [0.05, 0.1) is 13.5 Å². The number of hydrogen-bond acceptors (Lipinski definition) is 4. The van der Waals surface area contributed by atoms with E-state index in [9.17, 15) is 4.79 Å². The highest BCUT2D eigenvalue weighted by molar-refractivity contribution is 5.69. The smallest absolute Gasteiger partial charge is 0.308 e. The largest absolute Gasteiger partial charge is 0.469 e. The molecule has 0 N–H and O–H groups in total. The lowest BCUT2D eigenvalue weighted by Crippen LogP contribution is -2.45. The topological polar surface area (TPSA) is 44.8 Å². The number of carbonyl (C=O) groups excluding carboxylic acids is 1. The second kappa shape index (κ2) is 7.99. The van der Waals surface area contributed by atoms with Gasteiger partial charge in [0.1, 0.15) is 11.7 Å². The van der Waals surface area contributed by atoms with E-state index in [1.807, 2.05) is 0 Å².